The molecule has 8 aromatic carbocycles. The van der Waals surface area contributed by atoms with Gasteiger partial charge in [-0.25, -0.2) is 9.97 Å². The van der Waals surface area contributed by atoms with Gasteiger partial charge < -0.3 is 9.32 Å². The van der Waals surface area contributed by atoms with Gasteiger partial charge >= 0.3 is 0 Å². The Morgan fingerprint density at radius 2 is 1.12 bits per heavy atom. The molecule has 50 heavy (non-hydrogen) atoms. The van der Waals surface area contributed by atoms with Crippen LogP contribution < -0.4 is 4.90 Å². The number of benzene rings is 8. The van der Waals surface area contributed by atoms with Crippen molar-refractivity contribution in [3.63, 3.8) is 0 Å². The summed E-state index contributed by atoms with van der Waals surface area (Å²) in [6, 6.07) is 57.9. The number of aromatic nitrogens is 2. The minimum atomic E-state index is 0.838. The van der Waals surface area contributed by atoms with Crippen LogP contribution in [0.2, 0.25) is 0 Å². The van der Waals surface area contributed by atoms with Crippen LogP contribution in [0.15, 0.2) is 168 Å². The van der Waals surface area contributed by atoms with Gasteiger partial charge in [-0.3, -0.25) is 0 Å². The molecule has 10 aromatic rings. The first-order valence-corrected chi connectivity index (χ1v) is 16.9. The Morgan fingerprint density at radius 3 is 1.98 bits per heavy atom. The van der Waals surface area contributed by atoms with Crippen LogP contribution in [0.1, 0.15) is 0 Å². The number of furan rings is 1. The maximum atomic E-state index is 6.18. The van der Waals surface area contributed by atoms with E-state index in [-0.39, 0.29) is 0 Å². The zero-order chi connectivity index (χ0) is 32.8. The van der Waals surface area contributed by atoms with Crippen LogP contribution in [0.5, 0.6) is 0 Å². The number of nitrogens with zero attached hydrogens (tertiary/aromatic N) is 3. The Hall–Kier alpha value is -6.78. The standard InChI is InChI=1S/C46H27N3O/c1-2-15-33-28(10-1)22-24-36-35-17-8-11-29-12-9-20-40(43(29)35)49(46(33)36)32-14-7-13-30(26-32)44-45(48-39-19-5-4-18-38(39)47-44)31-23-25-42-37(27-31)34-16-3-6-21-41(34)50-42/h1-27H. The Balaban J connectivity index is 1.17. The van der Waals surface area contributed by atoms with Gasteiger partial charge in [0.15, 0.2) is 0 Å². The second-order valence-corrected chi connectivity index (χ2v) is 13.0. The Bertz CT molecular complexity index is 3010. The van der Waals surface area contributed by atoms with Crippen molar-refractivity contribution in [3.05, 3.63) is 164 Å². The van der Waals surface area contributed by atoms with E-state index in [2.05, 4.69) is 132 Å². The molecule has 0 N–H and O–H groups in total. The molecule has 0 unspecified atom stereocenters. The molecular weight excluding hydrogens is 611 g/mol. The van der Waals surface area contributed by atoms with E-state index in [1.54, 1.807) is 0 Å². The first-order chi connectivity index (χ1) is 24.8. The fraction of sp³-hybridized carbons (Fsp3) is 0. The third-order valence-corrected chi connectivity index (χ3v) is 10.1. The van der Waals surface area contributed by atoms with Crippen molar-refractivity contribution < 1.29 is 4.42 Å². The topological polar surface area (TPSA) is 42.2 Å². The van der Waals surface area contributed by atoms with Crippen molar-refractivity contribution in [1.82, 2.24) is 9.97 Å². The van der Waals surface area contributed by atoms with Crippen LogP contribution in [-0.4, -0.2) is 9.97 Å². The van der Waals surface area contributed by atoms with Gasteiger partial charge in [0.25, 0.3) is 0 Å². The summed E-state index contributed by atoms with van der Waals surface area (Å²) in [5.74, 6) is 0. The molecule has 4 nitrogen and oxygen atoms in total. The molecule has 0 saturated carbocycles. The maximum absolute atomic E-state index is 6.18. The third-order valence-electron chi connectivity index (χ3n) is 10.1. The number of rotatable bonds is 3. The van der Waals surface area contributed by atoms with Gasteiger partial charge in [-0.1, -0.05) is 109 Å². The lowest BCUT2D eigenvalue weighted by atomic mass is 9.88. The molecule has 0 amide bonds. The van der Waals surface area contributed by atoms with Crippen LogP contribution in [0.4, 0.5) is 17.1 Å². The molecule has 0 fully saturated rings. The molecule has 0 atom stereocenters. The van der Waals surface area contributed by atoms with Crippen molar-refractivity contribution in [2.24, 2.45) is 0 Å². The number of hydrogen-bond donors (Lipinski definition) is 0. The van der Waals surface area contributed by atoms with Crippen LogP contribution >= 0.6 is 0 Å². The Labute approximate surface area is 287 Å². The molecular formula is C46H27N3O. The summed E-state index contributed by atoms with van der Waals surface area (Å²) in [4.78, 5) is 13.0. The van der Waals surface area contributed by atoms with Crippen molar-refractivity contribution in [1.29, 1.82) is 0 Å². The van der Waals surface area contributed by atoms with Crippen molar-refractivity contribution in [3.8, 4) is 33.6 Å². The number of anilines is 3. The third kappa shape index (κ3) is 3.93. The van der Waals surface area contributed by atoms with E-state index >= 15 is 0 Å². The molecule has 0 radical (unpaired) electrons. The van der Waals surface area contributed by atoms with Crippen LogP contribution in [0, 0.1) is 0 Å². The Kier molecular flexibility index (Phi) is 5.63. The monoisotopic (exact) mass is 637 g/mol. The molecule has 0 bridgehead atoms. The lowest BCUT2D eigenvalue weighted by Gasteiger charge is -2.34. The van der Waals surface area contributed by atoms with Gasteiger partial charge in [0.05, 0.1) is 33.8 Å². The smallest absolute Gasteiger partial charge is 0.135 e. The molecule has 1 aliphatic heterocycles. The molecule has 11 rings (SSSR count). The van der Waals surface area contributed by atoms with Gasteiger partial charge in [-0.2, -0.15) is 0 Å². The van der Waals surface area contributed by atoms with Crippen molar-refractivity contribution in [2.45, 2.75) is 0 Å². The quantitative estimate of drug-likeness (QED) is 0.193. The highest BCUT2D eigenvalue weighted by Crippen LogP contribution is 2.53. The van der Waals surface area contributed by atoms with Gasteiger partial charge in [0.1, 0.15) is 11.2 Å². The fourth-order valence-corrected chi connectivity index (χ4v) is 7.90. The molecule has 232 valence electrons. The minimum Gasteiger partial charge on any atom is -0.456 e. The zero-order valence-corrected chi connectivity index (χ0v) is 26.8. The summed E-state index contributed by atoms with van der Waals surface area (Å²) in [5.41, 5.74) is 13.0. The SMILES string of the molecule is c1cc(-c2nc3ccccc3nc2-c2ccc3oc4ccccc4c3c2)cc(N2c3c(ccc4ccccc34)-c3cccc4cccc2c34)c1. The summed E-state index contributed by atoms with van der Waals surface area (Å²) in [7, 11) is 0. The van der Waals surface area contributed by atoms with E-state index in [1.807, 2.05) is 36.4 Å². The summed E-state index contributed by atoms with van der Waals surface area (Å²) in [6.07, 6.45) is 0. The number of fused-ring (bicyclic) bond motifs is 8. The predicted octanol–water partition coefficient (Wildman–Crippen LogP) is 12.6. The van der Waals surface area contributed by atoms with Crippen molar-refractivity contribution in [2.75, 3.05) is 4.90 Å². The van der Waals surface area contributed by atoms with Crippen molar-refractivity contribution >= 4 is 71.6 Å². The lowest BCUT2D eigenvalue weighted by Crippen LogP contribution is -2.15. The first-order valence-electron chi connectivity index (χ1n) is 16.9. The summed E-state index contributed by atoms with van der Waals surface area (Å²) >= 11 is 0. The molecule has 3 heterocycles. The van der Waals surface area contributed by atoms with E-state index in [0.29, 0.717) is 0 Å². The highest BCUT2D eigenvalue weighted by molar-refractivity contribution is 6.19. The van der Waals surface area contributed by atoms with Crippen LogP contribution in [-0.2, 0) is 0 Å². The van der Waals surface area contributed by atoms with Gasteiger partial charge in [0.2, 0.25) is 0 Å². The highest BCUT2D eigenvalue weighted by Gasteiger charge is 2.28. The maximum Gasteiger partial charge on any atom is 0.135 e. The predicted molar refractivity (Wildman–Crippen MR) is 206 cm³/mol. The molecule has 0 saturated heterocycles. The van der Waals surface area contributed by atoms with Crippen LogP contribution in [0.25, 0.3) is 88.2 Å². The second kappa shape index (κ2) is 10.4. The molecule has 1 aliphatic rings. The molecule has 2 aromatic heterocycles. The van der Waals surface area contributed by atoms with Crippen LogP contribution in [0.3, 0.4) is 0 Å². The normalized spacial score (nSPS) is 12.4. The second-order valence-electron chi connectivity index (χ2n) is 13.0. The molecule has 0 aliphatic carbocycles. The van der Waals surface area contributed by atoms with E-state index in [1.165, 1.54) is 44.0 Å². The lowest BCUT2D eigenvalue weighted by molar-refractivity contribution is 0.669. The molecule has 4 heteroatoms. The van der Waals surface area contributed by atoms with E-state index in [0.717, 1.165) is 61.2 Å². The number of para-hydroxylation sites is 3. The highest BCUT2D eigenvalue weighted by atomic mass is 16.3. The summed E-state index contributed by atoms with van der Waals surface area (Å²) < 4.78 is 6.18. The first kappa shape index (κ1) is 27.2. The minimum absolute atomic E-state index is 0.838. The summed E-state index contributed by atoms with van der Waals surface area (Å²) in [5, 5.41) is 7.07. The molecule has 0 spiro atoms. The van der Waals surface area contributed by atoms with Gasteiger partial charge in [0, 0.05) is 43.9 Å². The average Bonchev–Trinajstić information content (AvgIpc) is 3.56. The van der Waals surface area contributed by atoms with Gasteiger partial charge in [-0.15, -0.1) is 0 Å². The van der Waals surface area contributed by atoms with Gasteiger partial charge in [-0.05, 0) is 70.9 Å². The Morgan fingerprint density at radius 1 is 0.440 bits per heavy atom. The van der Waals surface area contributed by atoms with E-state index in [9.17, 15) is 0 Å². The van der Waals surface area contributed by atoms with E-state index in [4.69, 9.17) is 14.4 Å². The number of hydrogen-bond acceptors (Lipinski definition) is 4. The van der Waals surface area contributed by atoms with E-state index < -0.39 is 0 Å². The zero-order valence-electron chi connectivity index (χ0n) is 26.8. The largest absolute Gasteiger partial charge is 0.456 e. The summed E-state index contributed by atoms with van der Waals surface area (Å²) in [6.45, 7) is 0. The average molecular weight is 638 g/mol. The fourth-order valence-electron chi connectivity index (χ4n) is 7.90.